The number of carbonyl (C=O) groups excluding carboxylic acids is 1. The lowest BCUT2D eigenvalue weighted by molar-refractivity contribution is -0.119. The third kappa shape index (κ3) is 4.01. The number of rotatable bonds is 4. The van der Waals surface area contributed by atoms with Crippen LogP contribution in [0.2, 0.25) is 0 Å². The van der Waals surface area contributed by atoms with Gasteiger partial charge in [-0.05, 0) is 40.5 Å². The van der Waals surface area contributed by atoms with Crippen LogP contribution < -0.4 is 10.5 Å². The van der Waals surface area contributed by atoms with Crippen LogP contribution in [0.25, 0.3) is 0 Å². The molecule has 1 aromatic rings. The maximum absolute atomic E-state index is 11.1. The molecular formula is C10H13BrN2O3S. The zero-order valence-electron chi connectivity index (χ0n) is 9.40. The summed E-state index contributed by atoms with van der Waals surface area (Å²) in [5.41, 5.74) is 6.34. The molecule has 1 aromatic carbocycles. The average Bonchev–Trinajstić information content (AvgIpc) is 2.18. The Balaban J connectivity index is 3.06. The topological polar surface area (TPSA) is 89.3 Å². The second kappa shape index (κ2) is 5.05. The van der Waals surface area contributed by atoms with Gasteiger partial charge in [0.25, 0.3) is 0 Å². The van der Waals surface area contributed by atoms with Crippen molar-refractivity contribution in [3.63, 3.8) is 0 Å². The van der Waals surface area contributed by atoms with Gasteiger partial charge in [-0.2, -0.15) is 0 Å². The van der Waals surface area contributed by atoms with Crippen molar-refractivity contribution < 1.29 is 13.2 Å². The first-order valence-electron chi connectivity index (χ1n) is 4.77. The number of amides is 1. The standard InChI is InChI=1S/C10H13BrN2O3S/c1-6(10(12)14)7-3-4-9(8(11)5-7)13-17(2,15)16/h3-6,13H,1-2H3,(H2,12,14). The molecule has 0 radical (unpaired) electrons. The van der Waals surface area contributed by atoms with Crippen molar-refractivity contribution in [1.29, 1.82) is 0 Å². The summed E-state index contributed by atoms with van der Waals surface area (Å²) in [5.74, 6) is -0.848. The Bertz CT molecular complexity index is 542. The SMILES string of the molecule is CC(C(N)=O)c1ccc(NS(C)(=O)=O)c(Br)c1. The summed E-state index contributed by atoms with van der Waals surface area (Å²) in [6.45, 7) is 1.69. The second-order valence-electron chi connectivity index (χ2n) is 3.74. The monoisotopic (exact) mass is 320 g/mol. The highest BCUT2D eigenvalue weighted by Crippen LogP contribution is 2.27. The van der Waals surface area contributed by atoms with Crippen LogP contribution in [0.3, 0.4) is 0 Å². The maximum atomic E-state index is 11.1. The highest BCUT2D eigenvalue weighted by molar-refractivity contribution is 9.10. The van der Waals surface area contributed by atoms with Crippen molar-refractivity contribution in [2.24, 2.45) is 5.73 Å². The summed E-state index contributed by atoms with van der Waals surface area (Å²) in [6, 6.07) is 4.91. The molecular weight excluding hydrogens is 308 g/mol. The lowest BCUT2D eigenvalue weighted by Gasteiger charge is -2.11. The van der Waals surface area contributed by atoms with E-state index >= 15 is 0 Å². The third-order valence-corrected chi connectivity index (χ3v) is 3.46. The van der Waals surface area contributed by atoms with E-state index < -0.39 is 21.8 Å². The van der Waals surface area contributed by atoms with Crippen LogP contribution in [0.1, 0.15) is 18.4 Å². The van der Waals surface area contributed by atoms with Gasteiger partial charge in [-0.1, -0.05) is 6.07 Å². The Kier molecular flexibility index (Phi) is 4.16. The zero-order valence-corrected chi connectivity index (χ0v) is 11.8. The predicted octanol–water partition coefficient (Wildman–Crippen LogP) is 1.41. The molecule has 0 saturated heterocycles. The number of sulfonamides is 1. The number of nitrogens with one attached hydrogen (secondary N) is 1. The molecule has 0 aliphatic heterocycles. The molecule has 0 spiro atoms. The number of benzene rings is 1. The van der Waals surface area contributed by atoms with Crippen molar-refractivity contribution in [2.45, 2.75) is 12.8 Å². The van der Waals surface area contributed by atoms with Gasteiger partial charge < -0.3 is 5.73 Å². The highest BCUT2D eigenvalue weighted by Gasteiger charge is 2.14. The van der Waals surface area contributed by atoms with Gasteiger partial charge in [0.2, 0.25) is 15.9 Å². The molecule has 5 nitrogen and oxygen atoms in total. The zero-order chi connectivity index (χ0) is 13.2. The summed E-state index contributed by atoms with van der Waals surface area (Å²) >= 11 is 3.24. The first-order chi connectivity index (χ1) is 7.70. The van der Waals surface area contributed by atoms with Gasteiger partial charge in [0.05, 0.1) is 17.9 Å². The summed E-state index contributed by atoms with van der Waals surface area (Å²) in [5, 5.41) is 0. The van der Waals surface area contributed by atoms with E-state index in [9.17, 15) is 13.2 Å². The molecule has 0 bridgehead atoms. The summed E-state index contributed by atoms with van der Waals surface area (Å²) < 4.78 is 25.1. The van der Waals surface area contributed by atoms with Crippen LogP contribution in [-0.2, 0) is 14.8 Å². The van der Waals surface area contributed by atoms with E-state index in [2.05, 4.69) is 20.7 Å². The molecule has 17 heavy (non-hydrogen) atoms. The molecule has 0 aliphatic carbocycles. The molecule has 0 aromatic heterocycles. The Morgan fingerprint density at radius 3 is 2.47 bits per heavy atom. The van der Waals surface area contributed by atoms with Crippen molar-refractivity contribution >= 4 is 37.5 Å². The minimum Gasteiger partial charge on any atom is -0.369 e. The lowest BCUT2D eigenvalue weighted by atomic mass is 10.0. The molecule has 94 valence electrons. The minimum absolute atomic E-state index is 0.418. The predicted molar refractivity (Wildman–Crippen MR) is 70.2 cm³/mol. The summed E-state index contributed by atoms with van der Waals surface area (Å²) in [6.07, 6.45) is 1.07. The van der Waals surface area contributed by atoms with Crippen molar-refractivity contribution in [2.75, 3.05) is 11.0 Å². The third-order valence-electron chi connectivity index (χ3n) is 2.22. The maximum Gasteiger partial charge on any atom is 0.229 e. The normalized spacial score (nSPS) is 13.1. The number of halogens is 1. The Hall–Kier alpha value is -1.08. The van der Waals surface area contributed by atoms with Gasteiger partial charge >= 0.3 is 0 Å². The van der Waals surface area contributed by atoms with E-state index in [1.54, 1.807) is 25.1 Å². The Morgan fingerprint density at radius 2 is 2.06 bits per heavy atom. The van der Waals surface area contributed by atoms with E-state index in [4.69, 9.17) is 5.73 Å². The van der Waals surface area contributed by atoms with Gasteiger partial charge in [-0.3, -0.25) is 9.52 Å². The van der Waals surface area contributed by atoms with Gasteiger partial charge in [0.1, 0.15) is 0 Å². The molecule has 0 saturated carbocycles. The van der Waals surface area contributed by atoms with E-state index in [0.717, 1.165) is 11.8 Å². The number of carbonyl (C=O) groups is 1. The molecule has 0 heterocycles. The molecule has 1 amide bonds. The lowest BCUT2D eigenvalue weighted by Crippen LogP contribution is -2.18. The van der Waals surface area contributed by atoms with E-state index in [-0.39, 0.29) is 0 Å². The molecule has 0 aliphatic rings. The minimum atomic E-state index is -3.32. The average molecular weight is 321 g/mol. The van der Waals surface area contributed by atoms with Gasteiger partial charge in [0.15, 0.2) is 0 Å². The van der Waals surface area contributed by atoms with E-state index in [1.807, 2.05) is 0 Å². The summed E-state index contributed by atoms with van der Waals surface area (Å²) in [4.78, 5) is 11.0. The molecule has 7 heteroatoms. The second-order valence-corrected chi connectivity index (χ2v) is 6.34. The first-order valence-corrected chi connectivity index (χ1v) is 7.45. The fourth-order valence-corrected chi connectivity index (χ4v) is 2.45. The van der Waals surface area contributed by atoms with E-state index in [1.165, 1.54) is 0 Å². The van der Waals surface area contributed by atoms with Crippen molar-refractivity contribution in [3.05, 3.63) is 28.2 Å². The quantitative estimate of drug-likeness (QED) is 0.879. The van der Waals surface area contributed by atoms with E-state index in [0.29, 0.717) is 10.2 Å². The Labute approximate surface area is 109 Å². The van der Waals surface area contributed by atoms with Crippen molar-refractivity contribution in [3.8, 4) is 0 Å². The van der Waals surface area contributed by atoms with Gasteiger partial charge in [-0.15, -0.1) is 0 Å². The van der Waals surface area contributed by atoms with Crippen LogP contribution in [0, 0.1) is 0 Å². The molecule has 1 unspecified atom stereocenters. The largest absolute Gasteiger partial charge is 0.369 e. The van der Waals surface area contributed by atoms with Crippen LogP contribution in [0.15, 0.2) is 22.7 Å². The number of nitrogens with two attached hydrogens (primary N) is 1. The number of primary amides is 1. The number of hydrogen-bond acceptors (Lipinski definition) is 3. The fraction of sp³-hybridized carbons (Fsp3) is 0.300. The van der Waals surface area contributed by atoms with Gasteiger partial charge in [0, 0.05) is 4.47 Å². The molecule has 3 N–H and O–H groups in total. The van der Waals surface area contributed by atoms with Gasteiger partial charge in [-0.25, -0.2) is 8.42 Å². The number of anilines is 1. The fourth-order valence-electron chi connectivity index (χ4n) is 1.25. The van der Waals surface area contributed by atoms with Crippen LogP contribution in [0.5, 0.6) is 0 Å². The molecule has 0 fully saturated rings. The first kappa shape index (κ1) is 14.0. The molecule has 1 rings (SSSR count). The van der Waals surface area contributed by atoms with Crippen molar-refractivity contribution in [1.82, 2.24) is 0 Å². The Morgan fingerprint density at radius 1 is 1.47 bits per heavy atom. The van der Waals surface area contributed by atoms with Crippen LogP contribution in [-0.4, -0.2) is 20.6 Å². The molecule has 1 atom stereocenters. The summed E-state index contributed by atoms with van der Waals surface area (Å²) in [7, 11) is -3.32. The smallest absolute Gasteiger partial charge is 0.229 e. The van der Waals surface area contributed by atoms with Crippen LogP contribution in [0.4, 0.5) is 5.69 Å². The van der Waals surface area contributed by atoms with Crippen LogP contribution >= 0.6 is 15.9 Å². The highest BCUT2D eigenvalue weighted by atomic mass is 79.9. The number of hydrogen-bond donors (Lipinski definition) is 2.